The highest BCUT2D eigenvalue weighted by Gasteiger charge is 2.14. The second-order valence-electron chi connectivity index (χ2n) is 6.37. The first-order valence-corrected chi connectivity index (χ1v) is 9.23. The van der Waals surface area contributed by atoms with E-state index in [4.69, 9.17) is 18.9 Å². The van der Waals surface area contributed by atoms with Crippen molar-refractivity contribution in [3.05, 3.63) is 82.9 Å². The highest BCUT2D eigenvalue weighted by molar-refractivity contribution is 5.90. The van der Waals surface area contributed by atoms with Gasteiger partial charge in [-0.05, 0) is 48.0 Å². The van der Waals surface area contributed by atoms with Crippen LogP contribution in [0.5, 0.6) is 23.0 Å². The second kappa shape index (κ2) is 9.94. The summed E-state index contributed by atoms with van der Waals surface area (Å²) in [5.74, 6) is 0.920. The number of carbonyl (C=O) groups excluding carboxylic acids is 2. The Kier molecular flexibility index (Phi) is 6.86. The minimum Gasteiger partial charge on any atom is -0.497 e. The molecule has 0 saturated carbocycles. The Morgan fingerprint density at radius 3 is 2.39 bits per heavy atom. The Bertz CT molecular complexity index is 1130. The molecule has 0 unspecified atom stereocenters. The van der Waals surface area contributed by atoms with Crippen LogP contribution < -0.4 is 14.2 Å². The van der Waals surface area contributed by atoms with E-state index in [2.05, 4.69) is 0 Å². The molecule has 3 aromatic rings. The maximum absolute atomic E-state index is 11.9. The molecule has 0 aliphatic heterocycles. The Hall–Kier alpha value is -4.31. The molecule has 31 heavy (non-hydrogen) atoms. The smallest absolute Gasteiger partial charge is 0.338 e. The molecule has 0 saturated heterocycles. The van der Waals surface area contributed by atoms with Crippen LogP contribution in [0.4, 0.5) is 0 Å². The topological polar surface area (TPSA) is 94.9 Å². The van der Waals surface area contributed by atoms with Gasteiger partial charge in [0.25, 0.3) is 0 Å². The highest BCUT2D eigenvalue weighted by Crippen LogP contribution is 2.32. The van der Waals surface area contributed by atoms with Crippen LogP contribution in [0.2, 0.25) is 0 Å². The summed E-state index contributed by atoms with van der Waals surface area (Å²) in [5, 5.41) is 9.22. The fourth-order valence-corrected chi connectivity index (χ4v) is 2.82. The number of aldehydes is 1. The van der Waals surface area contributed by atoms with Crippen molar-refractivity contribution in [1.82, 2.24) is 0 Å². The van der Waals surface area contributed by atoms with Gasteiger partial charge in [-0.25, -0.2) is 4.79 Å². The van der Waals surface area contributed by atoms with Gasteiger partial charge in [-0.3, -0.25) is 4.79 Å². The van der Waals surface area contributed by atoms with Gasteiger partial charge in [0.1, 0.15) is 29.6 Å². The van der Waals surface area contributed by atoms with Gasteiger partial charge in [0.15, 0.2) is 6.29 Å². The molecule has 0 radical (unpaired) electrons. The van der Waals surface area contributed by atoms with Crippen molar-refractivity contribution in [2.75, 3.05) is 14.2 Å². The molecule has 156 valence electrons. The quantitative estimate of drug-likeness (QED) is 0.392. The van der Waals surface area contributed by atoms with E-state index in [1.54, 1.807) is 25.3 Å². The first-order valence-electron chi connectivity index (χ1n) is 9.23. The minimum absolute atomic E-state index is 0.163. The molecule has 0 heterocycles. The van der Waals surface area contributed by atoms with E-state index < -0.39 is 5.97 Å². The molecule has 0 N–H and O–H groups in total. The molecule has 0 aromatic heterocycles. The van der Waals surface area contributed by atoms with E-state index in [0.717, 1.165) is 11.3 Å². The van der Waals surface area contributed by atoms with E-state index in [-0.39, 0.29) is 34.8 Å². The zero-order valence-corrected chi connectivity index (χ0v) is 17.0. The normalized spacial score (nSPS) is 9.97. The molecular weight excluding hydrogens is 398 g/mol. The number of esters is 1. The van der Waals surface area contributed by atoms with Crippen LogP contribution in [0.15, 0.2) is 60.7 Å². The Morgan fingerprint density at radius 1 is 1.00 bits per heavy atom. The Balaban J connectivity index is 1.85. The van der Waals surface area contributed by atoms with Crippen molar-refractivity contribution in [3.8, 4) is 29.1 Å². The maximum Gasteiger partial charge on any atom is 0.338 e. The first kappa shape index (κ1) is 21.4. The average Bonchev–Trinajstić information content (AvgIpc) is 2.82. The second-order valence-corrected chi connectivity index (χ2v) is 6.37. The highest BCUT2D eigenvalue weighted by atomic mass is 16.5. The van der Waals surface area contributed by atoms with E-state index >= 15 is 0 Å². The Morgan fingerprint density at radius 2 is 1.74 bits per heavy atom. The molecule has 0 aliphatic rings. The first-order chi connectivity index (χ1) is 15.1. The number of nitrogens with zero attached hydrogens (tertiary/aromatic N) is 1. The zero-order chi connectivity index (χ0) is 22.2. The van der Waals surface area contributed by atoms with E-state index in [1.165, 1.54) is 25.3 Å². The lowest BCUT2D eigenvalue weighted by Gasteiger charge is -2.14. The lowest BCUT2D eigenvalue weighted by atomic mass is 10.1. The van der Waals surface area contributed by atoms with Crippen LogP contribution >= 0.6 is 0 Å². The molecule has 3 aromatic carbocycles. The third-order valence-electron chi connectivity index (χ3n) is 4.38. The van der Waals surface area contributed by atoms with Crippen molar-refractivity contribution in [2.24, 2.45) is 0 Å². The molecule has 7 heteroatoms. The SMILES string of the molecule is COC(=O)c1cc(C#N)cc(Oc2cccc(OCc3ccc(OC)cc3)c2C=O)c1. The average molecular weight is 417 g/mol. The van der Waals surface area contributed by atoms with Crippen molar-refractivity contribution in [1.29, 1.82) is 5.26 Å². The number of benzene rings is 3. The van der Waals surface area contributed by atoms with Crippen LogP contribution in [-0.4, -0.2) is 26.5 Å². The third-order valence-corrected chi connectivity index (χ3v) is 4.38. The number of hydrogen-bond donors (Lipinski definition) is 0. The molecule has 0 spiro atoms. The molecule has 7 nitrogen and oxygen atoms in total. The van der Waals surface area contributed by atoms with E-state index in [1.807, 2.05) is 30.3 Å². The van der Waals surface area contributed by atoms with Crippen molar-refractivity contribution < 1.29 is 28.5 Å². The summed E-state index contributed by atoms with van der Waals surface area (Å²) in [7, 11) is 2.84. The minimum atomic E-state index is -0.603. The van der Waals surface area contributed by atoms with Crippen molar-refractivity contribution in [2.45, 2.75) is 6.61 Å². The van der Waals surface area contributed by atoms with Gasteiger partial charge in [0, 0.05) is 0 Å². The monoisotopic (exact) mass is 417 g/mol. The molecule has 0 atom stereocenters. The van der Waals surface area contributed by atoms with Gasteiger partial charge in [0.05, 0.1) is 37.0 Å². The summed E-state index contributed by atoms with van der Waals surface area (Å²) in [5.41, 5.74) is 1.49. The summed E-state index contributed by atoms with van der Waals surface area (Å²) in [6, 6.07) is 18.6. The largest absolute Gasteiger partial charge is 0.497 e. The summed E-state index contributed by atoms with van der Waals surface area (Å²) in [4.78, 5) is 23.6. The summed E-state index contributed by atoms with van der Waals surface area (Å²) in [6.07, 6.45) is 0.633. The van der Waals surface area contributed by atoms with E-state index in [0.29, 0.717) is 12.0 Å². The van der Waals surface area contributed by atoms with Gasteiger partial charge in [0.2, 0.25) is 0 Å². The van der Waals surface area contributed by atoms with Crippen molar-refractivity contribution in [3.63, 3.8) is 0 Å². The van der Waals surface area contributed by atoms with Crippen molar-refractivity contribution >= 4 is 12.3 Å². The summed E-state index contributed by atoms with van der Waals surface area (Å²) >= 11 is 0. The van der Waals surface area contributed by atoms with Crippen LogP contribution in [0, 0.1) is 11.3 Å². The number of rotatable bonds is 8. The van der Waals surface area contributed by atoms with Crippen LogP contribution in [0.25, 0.3) is 0 Å². The lowest BCUT2D eigenvalue weighted by molar-refractivity contribution is 0.0600. The van der Waals surface area contributed by atoms with Crippen LogP contribution in [0.1, 0.15) is 31.8 Å². The number of carbonyl (C=O) groups is 2. The predicted molar refractivity (Wildman–Crippen MR) is 112 cm³/mol. The Labute approximate surface area is 179 Å². The fourth-order valence-electron chi connectivity index (χ4n) is 2.82. The number of ether oxygens (including phenoxy) is 4. The number of methoxy groups -OCH3 is 2. The molecule has 0 amide bonds. The third kappa shape index (κ3) is 5.19. The summed E-state index contributed by atoms with van der Waals surface area (Å²) in [6.45, 7) is 0.241. The van der Waals surface area contributed by atoms with Gasteiger partial charge in [-0.1, -0.05) is 18.2 Å². The van der Waals surface area contributed by atoms with Crippen LogP contribution in [0.3, 0.4) is 0 Å². The lowest BCUT2D eigenvalue weighted by Crippen LogP contribution is -2.03. The molecule has 0 bridgehead atoms. The number of nitriles is 1. The zero-order valence-electron chi connectivity index (χ0n) is 17.0. The standard InChI is InChI=1S/C24H19NO6/c1-28-19-8-6-16(7-9-19)15-30-22-4-3-5-23(21(22)14-26)31-20-11-17(13-25)10-18(12-20)24(27)29-2/h3-12,14H,15H2,1-2H3. The van der Waals surface area contributed by atoms with Gasteiger partial charge >= 0.3 is 5.97 Å². The molecule has 3 rings (SSSR count). The summed E-state index contributed by atoms with van der Waals surface area (Å²) < 4.78 is 21.5. The fraction of sp³-hybridized carbons (Fsp3) is 0.125. The molecular formula is C24H19NO6. The molecule has 0 aliphatic carbocycles. The van der Waals surface area contributed by atoms with Gasteiger partial charge < -0.3 is 18.9 Å². The maximum atomic E-state index is 11.9. The number of hydrogen-bond acceptors (Lipinski definition) is 7. The van der Waals surface area contributed by atoms with Gasteiger partial charge in [-0.15, -0.1) is 0 Å². The van der Waals surface area contributed by atoms with Crippen LogP contribution in [-0.2, 0) is 11.3 Å². The van der Waals surface area contributed by atoms with E-state index in [9.17, 15) is 14.9 Å². The predicted octanol–water partition coefficient (Wildman–Crippen LogP) is 4.54. The van der Waals surface area contributed by atoms with Gasteiger partial charge in [-0.2, -0.15) is 5.26 Å². The molecule has 0 fully saturated rings.